The van der Waals surface area contributed by atoms with Crippen molar-refractivity contribution in [1.82, 2.24) is 5.32 Å². The van der Waals surface area contributed by atoms with E-state index in [1.165, 1.54) is 25.7 Å². The molecular weight excluding hydrogens is 289 g/mol. The molecular formula is C17H27Cl2N. The summed E-state index contributed by atoms with van der Waals surface area (Å²) in [5.74, 6) is 0.618. The zero-order chi connectivity index (χ0) is 15.0. The zero-order valence-electron chi connectivity index (χ0n) is 12.9. The minimum Gasteiger partial charge on any atom is -0.310 e. The number of nitrogens with one attached hydrogen (secondary N) is 1. The van der Waals surface area contributed by atoms with Gasteiger partial charge in [-0.3, -0.25) is 0 Å². The van der Waals surface area contributed by atoms with Gasteiger partial charge in [0, 0.05) is 16.1 Å². The molecule has 0 aromatic heterocycles. The Morgan fingerprint density at radius 2 is 1.65 bits per heavy atom. The Kier molecular flexibility index (Phi) is 8.60. The van der Waals surface area contributed by atoms with E-state index in [0.29, 0.717) is 12.0 Å². The van der Waals surface area contributed by atoms with Crippen LogP contribution in [0.1, 0.15) is 64.5 Å². The van der Waals surface area contributed by atoms with Crippen molar-refractivity contribution in [3.63, 3.8) is 0 Å². The molecule has 0 saturated heterocycles. The van der Waals surface area contributed by atoms with Crippen molar-refractivity contribution in [3.05, 3.63) is 33.8 Å². The first-order chi connectivity index (χ1) is 9.63. The summed E-state index contributed by atoms with van der Waals surface area (Å²) >= 11 is 12.6. The van der Waals surface area contributed by atoms with Gasteiger partial charge >= 0.3 is 0 Å². The summed E-state index contributed by atoms with van der Waals surface area (Å²) in [5.41, 5.74) is 1.15. The summed E-state index contributed by atoms with van der Waals surface area (Å²) < 4.78 is 0. The topological polar surface area (TPSA) is 12.0 Å². The monoisotopic (exact) mass is 315 g/mol. The minimum absolute atomic E-state index is 0.307. The number of rotatable bonds is 9. The molecule has 0 fully saturated rings. The highest BCUT2D eigenvalue weighted by Crippen LogP contribution is 2.35. The first kappa shape index (κ1) is 17.8. The van der Waals surface area contributed by atoms with Gasteiger partial charge in [0.1, 0.15) is 0 Å². The predicted molar refractivity (Wildman–Crippen MR) is 90.8 cm³/mol. The maximum atomic E-state index is 6.42. The van der Waals surface area contributed by atoms with Crippen molar-refractivity contribution in [2.24, 2.45) is 5.92 Å². The highest BCUT2D eigenvalue weighted by atomic mass is 35.5. The van der Waals surface area contributed by atoms with Gasteiger partial charge < -0.3 is 5.32 Å². The lowest BCUT2D eigenvalue weighted by atomic mass is 9.86. The zero-order valence-corrected chi connectivity index (χ0v) is 14.4. The Labute approximate surface area is 134 Å². The van der Waals surface area contributed by atoms with Gasteiger partial charge in [-0.15, -0.1) is 0 Å². The van der Waals surface area contributed by atoms with Crippen molar-refractivity contribution in [1.29, 1.82) is 0 Å². The third kappa shape index (κ3) is 5.27. The third-order valence-corrected chi connectivity index (χ3v) is 4.28. The SMILES string of the molecule is CCCNC(c1cc(Cl)ccc1Cl)C(CCC)CCC. The summed E-state index contributed by atoms with van der Waals surface area (Å²) in [5, 5.41) is 5.26. The molecule has 1 unspecified atom stereocenters. The van der Waals surface area contributed by atoms with Crippen LogP contribution in [0.2, 0.25) is 10.0 Å². The van der Waals surface area contributed by atoms with Crippen LogP contribution < -0.4 is 5.32 Å². The van der Waals surface area contributed by atoms with Crippen LogP contribution in [0.15, 0.2) is 18.2 Å². The fourth-order valence-electron chi connectivity index (χ4n) is 2.80. The predicted octanol–water partition coefficient (Wildman–Crippen LogP) is 6.25. The second kappa shape index (κ2) is 9.65. The molecule has 0 saturated carbocycles. The van der Waals surface area contributed by atoms with Crippen LogP contribution in [0.3, 0.4) is 0 Å². The van der Waals surface area contributed by atoms with E-state index in [1.807, 2.05) is 18.2 Å². The molecule has 0 amide bonds. The molecule has 1 aromatic carbocycles. The second-order valence-corrected chi connectivity index (χ2v) is 6.28. The molecule has 1 N–H and O–H groups in total. The molecule has 0 spiro atoms. The maximum absolute atomic E-state index is 6.42. The van der Waals surface area contributed by atoms with Crippen molar-refractivity contribution in [2.75, 3.05) is 6.54 Å². The van der Waals surface area contributed by atoms with Crippen LogP contribution in [0.4, 0.5) is 0 Å². The van der Waals surface area contributed by atoms with Gasteiger partial charge in [-0.1, -0.05) is 56.8 Å². The number of benzene rings is 1. The lowest BCUT2D eigenvalue weighted by Gasteiger charge is -2.29. The van der Waals surface area contributed by atoms with E-state index < -0.39 is 0 Å². The first-order valence-corrected chi connectivity index (χ1v) is 8.57. The van der Waals surface area contributed by atoms with Gasteiger partial charge in [0.15, 0.2) is 0 Å². The largest absolute Gasteiger partial charge is 0.310 e. The highest BCUT2D eigenvalue weighted by molar-refractivity contribution is 6.33. The fourth-order valence-corrected chi connectivity index (χ4v) is 3.22. The average Bonchev–Trinajstić information content (AvgIpc) is 2.43. The van der Waals surface area contributed by atoms with Crippen molar-refractivity contribution < 1.29 is 0 Å². The van der Waals surface area contributed by atoms with Gasteiger partial charge in [-0.25, -0.2) is 0 Å². The average molecular weight is 316 g/mol. The first-order valence-electron chi connectivity index (χ1n) is 7.82. The van der Waals surface area contributed by atoms with Crippen LogP contribution >= 0.6 is 23.2 Å². The van der Waals surface area contributed by atoms with Crippen LogP contribution in [-0.2, 0) is 0 Å². The lowest BCUT2D eigenvalue weighted by Crippen LogP contribution is -2.29. The Bertz CT molecular complexity index is 387. The van der Waals surface area contributed by atoms with Crippen molar-refractivity contribution in [2.45, 2.75) is 58.9 Å². The van der Waals surface area contributed by atoms with E-state index in [2.05, 4.69) is 26.1 Å². The smallest absolute Gasteiger partial charge is 0.0454 e. The molecule has 0 radical (unpaired) electrons. The van der Waals surface area contributed by atoms with Crippen LogP contribution in [0.5, 0.6) is 0 Å². The summed E-state index contributed by atoms with van der Waals surface area (Å²) in [6.07, 6.45) is 5.97. The van der Waals surface area contributed by atoms with E-state index in [9.17, 15) is 0 Å². The van der Waals surface area contributed by atoms with Gasteiger partial charge in [-0.2, -0.15) is 0 Å². The van der Waals surface area contributed by atoms with E-state index in [0.717, 1.165) is 28.6 Å². The molecule has 3 heteroatoms. The van der Waals surface area contributed by atoms with E-state index in [-0.39, 0.29) is 0 Å². The van der Waals surface area contributed by atoms with E-state index in [1.54, 1.807) is 0 Å². The molecule has 0 bridgehead atoms. The van der Waals surface area contributed by atoms with E-state index in [4.69, 9.17) is 23.2 Å². The molecule has 0 aliphatic heterocycles. The Hall–Kier alpha value is -0.240. The molecule has 1 nitrogen and oxygen atoms in total. The number of halogens is 2. The highest BCUT2D eigenvalue weighted by Gasteiger charge is 2.23. The quantitative estimate of drug-likeness (QED) is 0.567. The van der Waals surface area contributed by atoms with Gasteiger partial charge in [0.2, 0.25) is 0 Å². The molecule has 0 aliphatic rings. The standard InChI is InChI=1S/C17H27Cl2N/c1-4-7-13(8-5-2)17(20-11-6-3)15-12-14(18)9-10-16(15)19/h9-10,12-13,17,20H,4-8,11H2,1-3H3. The molecule has 1 atom stereocenters. The molecule has 20 heavy (non-hydrogen) atoms. The summed E-state index contributed by atoms with van der Waals surface area (Å²) in [7, 11) is 0. The molecule has 0 aliphatic carbocycles. The Morgan fingerprint density at radius 1 is 1.00 bits per heavy atom. The second-order valence-electron chi connectivity index (χ2n) is 5.44. The Balaban J connectivity index is 3.04. The normalized spacial score (nSPS) is 12.9. The van der Waals surface area contributed by atoms with Crippen LogP contribution in [-0.4, -0.2) is 6.54 Å². The molecule has 114 valence electrons. The number of hydrogen-bond acceptors (Lipinski definition) is 1. The summed E-state index contributed by atoms with van der Waals surface area (Å²) in [6, 6.07) is 6.10. The van der Waals surface area contributed by atoms with Crippen molar-refractivity contribution >= 4 is 23.2 Å². The van der Waals surface area contributed by atoms with Gasteiger partial charge in [-0.05, 0) is 55.5 Å². The van der Waals surface area contributed by atoms with E-state index >= 15 is 0 Å². The van der Waals surface area contributed by atoms with Gasteiger partial charge in [0.25, 0.3) is 0 Å². The summed E-state index contributed by atoms with van der Waals surface area (Å²) in [4.78, 5) is 0. The third-order valence-electron chi connectivity index (χ3n) is 3.70. The molecule has 1 aromatic rings. The summed E-state index contributed by atoms with van der Waals surface area (Å²) in [6.45, 7) is 7.70. The fraction of sp³-hybridized carbons (Fsp3) is 0.647. The maximum Gasteiger partial charge on any atom is 0.0454 e. The van der Waals surface area contributed by atoms with Crippen LogP contribution in [0, 0.1) is 5.92 Å². The Morgan fingerprint density at radius 3 is 2.20 bits per heavy atom. The number of hydrogen-bond donors (Lipinski definition) is 1. The van der Waals surface area contributed by atoms with Crippen molar-refractivity contribution in [3.8, 4) is 0 Å². The molecule has 0 heterocycles. The van der Waals surface area contributed by atoms with Crippen LogP contribution in [0.25, 0.3) is 0 Å². The van der Waals surface area contributed by atoms with Gasteiger partial charge in [0.05, 0.1) is 0 Å². The lowest BCUT2D eigenvalue weighted by molar-refractivity contribution is 0.316. The molecule has 1 rings (SSSR count). The minimum atomic E-state index is 0.307.